The van der Waals surface area contributed by atoms with E-state index in [1.54, 1.807) is 36.1 Å². The predicted molar refractivity (Wildman–Crippen MR) is 90.2 cm³/mol. The summed E-state index contributed by atoms with van der Waals surface area (Å²) in [6, 6.07) is 7.80. The number of carbonyl (C=O) groups is 1. The molecule has 3 aromatic heterocycles. The van der Waals surface area contributed by atoms with Crippen LogP contribution in [0.4, 0.5) is 0 Å². The van der Waals surface area contributed by atoms with Crippen molar-refractivity contribution in [3.63, 3.8) is 0 Å². The number of nitrogens with zero attached hydrogens (tertiary/aromatic N) is 3. The summed E-state index contributed by atoms with van der Waals surface area (Å²) >= 11 is 1.69. The van der Waals surface area contributed by atoms with Crippen LogP contribution >= 0.6 is 11.3 Å². The van der Waals surface area contributed by atoms with E-state index in [0.29, 0.717) is 11.4 Å². The molecule has 1 atom stereocenters. The molecule has 0 radical (unpaired) electrons. The number of rotatable bonds is 5. The molecule has 3 aromatic rings. The maximum absolute atomic E-state index is 12.2. The van der Waals surface area contributed by atoms with Crippen LogP contribution in [0.1, 0.15) is 22.2 Å². The Morgan fingerprint density at radius 2 is 1.96 bits per heavy atom. The summed E-state index contributed by atoms with van der Waals surface area (Å²) in [7, 11) is 0. The van der Waals surface area contributed by atoms with Crippen molar-refractivity contribution in [2.45, 2.75) is 19.4 Å². The summed E-state index contributed by atoms with van der Waals surface area (Å²) < 4.78 is 0. The quantitative estimate of drug-likeness (QED) is 0.783. The summed E-state index contributed by atoms with van der Waals surface area (Å²) in [5, 5.41) is 5.01. The maximum atomic E-state index is 12.2. The Labute approximate surface area is 138 Å². The Morgan fingerprint density at radius 1 is 1.22 bits per heavy atom. The molecule has 23 heavy (non-hydrogen) atoms. The molecular weight excluding hydrogens is 308 g/mol. The van der Waals surface area contributed by atoms with Gasteiger partial charge in [-0.05, 0) is 30.5 Å². The molecule has 0 aliphatic heterocycles. The molecule has 0 aliphatic rings. The third-order valence-electron chi connectivity index (χ3n) is 3.32. The number of carbonyl (C=O) groups excluding carboxylic acids is 1. The Morgan fingerprint density at radius 3 is 2.61 bits per heavy atom. The largest absolute Gasteiger partial charge is 0.349 e. The lowest BCUT2D eigenvalue weighted by Crippen LogP contribution is -2.34. The smallest absolute Gasteiger partial charge is 0.254 e. The molecule has 0 saturated heterocycles. The lowest BCUT2D eigenvalue weighted by molar-refractivity contribution is 0.0939. The van der Waals surface area contributed by atoms with Crippen LogP contribution in [0.25, 0.3) is 11.4 Å². The van der Waals surface area contributed by atoms with E-state index in [4.69, 9.17) is 0 Å². The van der Waals surface area contributed by atoms with E-state index in [1.807, 2.05) is 30.5 Å². The molecular formula is C17H16N4OS. The zero-order chi connectivity index (χ0) is 16.1. The topological polar surface area (TPSA) is 67.8 Å². The van der Waals surface area contributed by atoms with Crippen LogP contribution < -0.4 is 5.32 Å². The first-order chi connectivity index (χ1) is 11.2. The minimum absolute atomic E-state index is 0.0565. The Hall–Kier alpha value is -2.60. The molecule has 0 fully saturated rings. The van der Waals surface area contributed by atoms with Gasteiger partial charge in [0.25, 0.3) is 5.91 Å². The van der Waals surface area contributed by atoms with Gasteiger partial charge in [-0.1, -0.05) is 6.07 Å². The Kier molecular flexibility index (Phi) is 4.73. The van der Waals surface area contributed by atoms with Gasteiger partial charge in [-0.15, -0.1) is 11.3 Å². The van der Waals surface area contributed by atoms with E-state index in [2.05, 4.69) is 26.3 Å². The lowest BCUT2D eigenvalue weighted by Gasteiger charge is -2.12. The van der Waals surface area contributed by atoms with Crippen molar-refractivity contribution in [2.24, 2.45) is 0 Å². The van der Waals surface area contributed by atoms with Crippen molar-refractivity contribution in [1.29, 1.82) is 0 Å². The number of nitrogens with one attached hydrogen (secondary N) is 1. The first-order valence-electron chi connectivity index (χ1n) is 7.28. The molecule has 5 nitrogen and oxygen atoms in total. The lowest BCUT2D eigenvalue weighted by atomic mass is 10.2. The number of aromatic nitrogens is 3. The predicted octanol–water partition coefficient (Wildman–Crippen LogP) is 2.96. The number of pyridine rings is 1. The Balaban J connectivity index is 1.63. The van der Waals surface area contributed by atoms with Crippen LogP contribution in [-0.2, 0) is 6.42 Å². The fourth-order valence-corrected chi connectivity index (χ4v) is 3.02. The highest BCUT2D eigenvalue weighted by Gasteiger charge is 2.12. The van der Waals surface area contributed by atoms with Crippen LogP contribution in [0.15, 0.2) is 54.4 Å². The van der Waals surface area contributed by atoms with Crippen LogP contribution in [0.2, 0.25) is 0 Å². The van der Waals surface area contributed by atoms with Gasteiger partial charge in [-0.3, -0.25) is 9.78 Å². The van der Waals surface area contributed by atoms with Gasteiger partial charge in [-0.25, -0.2) is 9.97 Å². The van der Waals surface area contributed by atoms with E-state index in [0.717, 1.165) is 12.0 Å². The van der Waals surface area contributed by atoms with E-state index in [1.165, 1.54) is 4.88 Å². The molecule has 0 saturated carbocycles. The molecule has 0 unspecified atom stereocenters. The summed E-state index contributed by atoms with van der Waals surface area (Å²) in [6.45, 7) is 1.99. The first kappa shape index (κ1) is 15.3. The molecule has 116 valence electrons. The van der Waals surface area contributed by atoms with Crippen molar-refractivity contribution < 1.29 is 4.79 Å². The van der Waals surface area contributed by atoms with Gasteiger partial charge in [-0.2, -0.15) is 0 Å². The average molecular weight is 324 g/mol. The summed E-state index contributed by atoms with van der Waals surface area (Å²) in [6.07, 6.45) is 7.29. The maximum Gasteiger partial charge on any atom is 0.254 e. The molecule has 1 amide bonds. The van der Waals surface area contributed by atoms with Crippen LogP contribution in [0.5, 0.6) is 0 Å². The number of hydrogen-bond acceptors (Lipinski definition) is 5. The summed E-state index contributed by atoms with van der Waals surface area (Å²) in [4.78, 5) is 26.0. The van der Waals surface area contributed by atoms with Crippen molar-refractivity contribution in [3.8, 4) is 11.4 Å². The minimum Gasteiger partial charge on any atom is -0.349 e. The van der Waals surface area contributed by atoms with E-state index in [-0.39, 0.29) is 11.9 Å². The minimum atomic E-state index is -0.157. The monoisotopic (exact) mass is 324 g/mol. The van der Waals surface area contributed by atoms with Gasteiger partial charge in [0.05, 0.1) is 5.56 Å². The van der Waals surface area contributed by atoms with Crippen LogP contribution in [0.3, 0.4) is 0 Å². The highest BCUT2D eigenvalue weighted by atomic mass is 32.1. The van der Waals surface area contributed by atoms with Crippen molar-refractivity contribution in [3.05, 3.63) is 64.9 Å². The number of thiophene rings is 1. The van der Waals surface area contributed by atoms with Gasteiger partial charge in [0.1, 0.15) is 0 Å². The van der Waals surface area contributed by atoms with Crippen molar-refractivity contribution in [1.82, 2.24) is 20.3 Å². The second-order valence-electron chi connectivity index (χ2n) is 5.19. The molecule has 0 aliphatic carbocycles. The first-order valence-corrected chi connectivity index (χ1v) is 8.16. The molecule has 3 heterocycles. The molecule has 3 rings (SSSR count). The normalized spacial score (nSPS) is 11.9. The zero-order valence-corrected chi connectivity index (χ0v) is 13.5. The standard InChI is InChI=1S/C17H16N4OS/c1-12(9-15-3-2-8-23-15)21-17(22)14-10-19-16(20-11-14)13-4-6-18-7-5-13/h2-8,10-12H,9H2,1H3,(H,21,22)/t12-/m1/s1. The van der Waals surface area contributed by atoms with Gasteiger partial charge in [0.15, 0.2) is 5.82 Å². The molecule has 6 heteroatoms. The fraction of sp³-hybridized carbons (Fsp3) is 0.176. The van der Waals surface area contributed by atoms with Gasteiger partial charge < -0.3 is 5.32 Å². The van der Waals surface area contributed by atoms with Crippen molar-refractivity contribution >= 4 is 17.2 Å². The van der Waals surface area contributed by atoms with Crippen molar-refractivity contribution in [2.75, 3.05) is 0 Å². The number of hydrogen-bond donors (Lipinski definition) is 1. The van der Waals surface area contributed by atoms with E-state index in [9.17, 15) is 4.79 Å². The zero-order valence-electron chi connectivity index (χ0n) is 12.6. The summed E-state index contributed by atoms with van der Waals surface area (Å²) in [5.41, 5.74) is 1.33. The molecule has 0 spiro atoms. The van der Waals surface area contributed by atoms with Gasteiger partial charge in [0.2, 0.25) is 0 Å². The Bertz CT molecular complexity index is 757. The van der Waals surface area contributed by atoms with E-state index < -0.39 is 0 Å². The number of amides is 1. The third-order valence-corrected chi connectivity index (χ3v) is 4.22. The highest BCUT2D eigenvalue weighted by Crippen LogP contribution is 2.13. The summed E-state index contributed by atoms with van der Waals surface area (Å²) in [5.74, 6) is 0.422. The fourth-order valence-electron chi connectivity index (χ4n) is 2.18. The molecule has 0 aromatic carbocycles. The van der Waals surface area contributed by atoms with E-state index >= 15 is 0 Å². The highest BCUT2D eigenvalue weighted by molar-refractivity contribution is 7.09. The van der Waals surface area contributed by atoms with Crippen LogP contribution in [0, 0.1) is 0 Å². The molecule has 0 bridgehead atoms. The molecule has 1 N–H and O–H groups in total. The van der Waals surface area contributed by atoms with Crippen LogP contribution in [-0.4, -0.2) is 26.9 Å². The second kappa shape index (κ2) is 7.11. The van der Waals surface area contributed by atoms with Gasteiger partial charge in [0, 0.05) is 47.7 Å². The SMILES string of the molecule is C[C@H](Cc1cccs1)NC(=O)c1cnc(-c2ccncc2)nc1. The third kappa shape index (κ3) is 3.98. The second-order valence-corrected chi connectivity index (χ2v) is 6.22. The van der Waals surface area contributed by atoms with Gasteiger partial charge >= 0.3 is 0 Å². The average Bonchev–Trinajstić information content (AvgIpc) is 3.08.